The number of carbonyl (C=O) groups is 2. The lowest BCUT2D eigenvalue weighted by Gasteiger charge is -2.70. The third-order valence-electron chi connectivity index (χ3n) is 12.1. The van der Waals surface area contributed by atoms with Gasteiger partial charge in [0.15, 0.2) is 0 Å². The number of ether oxygens (including phenoxy) is 2. The van der Waals surface area contributed by atoms with Crippen molar-refractivity contribution in [2.45, 2.75) is 118 Å². The summed E-state index contributed by atoms with van der Waals surface area (Å²) in [5.74, 6) is 0.723. The molecule has 3 saturated carbocycles. The number of carbonyl (C=O) groups excluding carboxylic acids is 2. The third-order valence-corrected chi connectivity index (χ3v) is 12.1. The Bertz CT molecular complexity index is 939. The molecule has 1 heterocycles. The fourth-order valence-corrected chi connectivity index (χ4v) is 10.4. The average Bonchev–Trinajstić information content (AvgIpc) is 3.06. The number of esters is 2. The Balaban J connectivity index is 1.55. The van der Waals surface area contributed by atoms with E-state index in [2.05, 4.69) is 34.6 Å². The van der Waals surface area contributed by atoms with Crippen LogP contribution in [0.15, 0.2) is 11.1 Å². The summed E-state index contributed by atoms with van der Waals surface area (Å²) in [4.78, 5) is 24.9. The van der Waals surface area contributed by atoms with Gasteiger partial charge in [-0.2, -0.15) is 0 Å². The van der Waals surface area contributed by atoms with Gasteiger partial charge in [0.05, 0.1) is 6.10 Å². The second-order valence-corrected chi connectivity index (χ2v) is 13.2. The predicted molar refractivity (Wildman–Crippen MR) is 130 cm³/mol. The predicted octanol–water partition coefficient (Wildman–Crippen LogP) is 5.59. The van der Waals surface area contributed by atoms with Crippen LogP contribution in [-0.2, 0) is 19.1 Å². The van der Waals surface area contributed by atoms with E-state index in [9.17, 15) is 14.7 Å². The molecule has 5 nitrogen and oxygen atoms in total. The van der Waals surface area contributed by atoms with Gasteiger partial charge < -0.3 is 14.6 Å². The van der Waals surface area contributed by atoms with Gasteiger partial charge in [0.25, 0.3) is 0 Å². The quantitative estimate of drug-likeness (QED) is 0.531. The van der Waals surface area contributed by atoms with Crippen molar-refractivity contribution in [3.63, 3.8) is 0 Å². The van der Waals surface area contributed by atoms with Crippen LogP contribution in [-0.4, -0.2) is 35.4 Å². The number of cyclic esters (lactones) is 1. The van der Waals surface area contributed by atoms with Crippen LogP contribution < -0.4 is 0 Å². The highest BCUT2D eigenvalue weighted by Crippen LogP contribution is 2.74. The zero-order valence-electron chi connectivity index (χ0n) is 22.2. The summed E-state index contributed by atoms with van der Waals surface area (Å²) in [7, 11) is 0. The molecule has 190 valence electrons. The Kier molecular flexibility index (Phi) is 5.42. The van der Waals surface area contributed by atoms with Crippen molar-refractivity contribution in [1.29, 1.82) is 0 Å². The number of aliphatic hydroxyl groups is 1. The van der Waals surface area contributed by atoms with Gasteiger partial charge in [0, 0.05) is 23.3 Å². The highest BCUT2D eigenvalue weighted by molar-refractivity contribution is 5.94. The molecular formula is C29H44O5. The molecule has 5 rings (SSSR count). The lowest BCUT2D eigenvalue weighted by molar-refractivity contribution is -0.239. The Morgan fingerprint density at radius 2 is 1.71 bits per heavy atom. The van der Waals surface area contributed by atoms with Gasteiger partial charge in [-0.1, -0.05) is 34.6 Å². The normalized spacial score (nSPS) is 52.2. The summed E-state index contributed by atoms with van der Waals surface area (Å²) in [5, 5.41) is 11.8. The van der Waals surface area contributed by atoms with Crippen LogP contribution >= 0.6 is 0 Å². The molecule has 5 aliphatic rings. The highest BCUT2D eigenvalue weighted by atomic mass is 16.6. The summed E-state index contributed by atoms with van der Waals surface area (Å²) < 4.78 is 11.6. The molecule has 0 saturated heterocycles. The minimum Gasteiger partial charge on any atom is -0.462 e. The van der Waals surface area contributed by atoms with Crippen LogP contribution in [0, 0.1) is 39.4 Å². The molecule has 5 heteroatoms. The first-order valence-electron chi connectivity index (χ1n) is 13.6. The average molecular weight is 473 g/mol. The topological polar surface area (TPSA) is 72.8 Å². The zero-order chi connectivity index (χ0) is 24.8. The molecule has 0 aromatic carbocycles. The fraction of sp³-hybridized carbons (Fsp3) is 0.862. The van der Waals surface area contributed by atoms with Crippen LogP contribution in [0.3, 0.4) is 0 Å². The Labute approximate surface area is 205 Å². The lowest BCUT2D eigenvalue weighted by atomic mass is 9.34. The Hall–Kier alpha value is -1.36. The van der Waals surface area contributed by atoms with Crippen molar-refractivity contribution in [2.24, 2.45) is 39.4 Å². The van der Waals surface area contributed by atoms with E-state index < -0.39 is 11.5 Å². The van der Waals surface area contributed by atoms with Gasteiger partial charge in [-0.05, 0) is 92.4 Å². The van der Waals surface area contributed by atoms with E-state index in [0.717, 1.165) is 62.5 Å². The van der Waals surface area contributed by atoms with Crippen molar-refractivity contribution in [3.05, 3.63) is 11.1 Å². The van der Waals surface area contributed by atoms with Crippen molar-refractivity contribution in [2.75, 3.05) is 0 Å². The Morgan fingerprint density at radius 1 is 1.06 bits per heavy atom. The van der Waals surface area contributed by atoms with Crippen molar-refractivity contribution in [3.8, 4) is 0 Å². The number of fused-ring (bicyclic) bond motifs is 6. The summed E-state index contributed by atoms with van der Waals surface area (Å²) in [6.45, 7) is 15.2. The van der Waals surface area contributed by atoms with Crippen LogP contribution in [0.5, 0.6) is 0 Å². The summed E-state index contributed by atoms with van der Waals surface area (Å²) >= 11 is 0. The maximum atomic E-state index is 13.0. The molecule has 34 heavy (non-hydrogen) atoms. The summed E-state index contributed by atoms with van der Waals surface area (Å²) in [5.41, 5.74) is 1.48. The van der Waals surface area contributed by atoms with E-state index in [1.165, 1.54) is 6.92 Å². The first kappa shape index (κ1) is 24.3. The first-order chi connectivity index (χ1) is 15.8. The molecule has 10 atom stereocenters. The van der Waals surface area contributed by atoms with Crippen molar-refractivity contribution in [1.82, 2.24) is 0 Å². The minimum absolute atomic E-state index is 0.0339. The van der Waals surface area contributed by atoms with E-state index in [-0.39, 0.29) is 46.3 Å². The SMILES string of the molecule is CCC1(C)C(OC(C)=O)CCC2(C)C1CCC1(C)C2CC(O)C2(C)C3=C(CCC12)C(C)OC3=O. The molecule has 3 fully saturated rings. The van der Waals surface area contributed by atoms with Gasteiger partial charge in [-0.15, -0.1) is 0 Å². The minimum atomic E-state index is -0.548. The summed E-state index contributed by atoms with van der Waals surface area (Å²) in [6, 6.07) is 0. The van der Waals surface area contributed by atoms with Gasteiger partial charge >= 0.3 is 11.9 Å². The fourth-order valence-electron chi connectivity index (χ4n) is 10.4. The van der Waals surface area contributed by atoms with Crippen molar-refractivity contribution < 1.29 is 24.2 Å². The zero-order valence-corrected chi connectivity index (χ0v) is 22.2. The third kappa shape index (κ3) is 2.88. The number of rotatable bonds is 2. The van der Waals surface area contributed by atoms with Gasteiger partial charge in [-0.25, -0.2) is 4.79 Å². The van der Waals surface area contributed by atoms with Gasteiger partial charge in [0.2, 0.25) is 0 Å². The maximum Gasteiger partial charge on any atom is 0.335 e. The standard InChI is InChI=1S/C29H44O5/c1-8-26(4)19-11-13-28(6)20-10-9-18-16(2)33-25(32)24(18)29(20,7)22(31)15-21(28)27(19,5)14-12-23(26)34-17(3)30/h16,19-23,31H,8-15H2,1-7H3. The molecule has 1 N–H and O–H groups in total. The molecular weight excluding hydrogens is 428 g/mol. The van der Waals surface area contributed by atoms with Crippen LogP contribution in [0.2, 0.25) is 0 Å². The van der Waals surface area contributed by atoms with Crippen molar-refractivity contribution >= 4 is 11.9 Å². The summed E-state index contributed by atoms with van der Waals surface area (Å²) in [6.07, 6.45) is 7.01. The molecule has 4 aliphatic carbocycles. The number of aliphatic hydroxyl groups excluding tert-OH is 1. The molecule has 0 bridgehead atoms. The van der Waals surface area contributed by atoms with E-state index in [4.69, 9.17) is 9.47 Å². The smallest absolute Gasteiger partial charge is 0.335 e. The van der Waals surface area contributed by atoms with Crippen LogP contribution in [0.4, 0.5) is 0 Å². The van der Waals surface area contributed by atoms with E-state index in [1.54, 1.807) is 0 Å². The first-order valence-corrected chi connectivity index (χ1v) is 13.6. The van der Waals surface area contributed by atoms with Crippen LogP contribution in [0.1, 0.15) is 99.8 Å². The van der Waals surface area contributed by atoms with E-state index in [0.29, 0.717) is 11.8 Å². The second kappa shape index (κ2) is 7.57. The van der Waals surface area contributed by atoms with E-state index >= 15 is 0 Å². The Morgan fingerprint density at radius 3 is 2.35 bits per heavy atom. The highest BCUT2D eigenvalue weighted by Gasteiger charge is 2.70. The largest absolute Gasteiger partial charge is 0.462 e. The molecule has 0 aromatic rings. The molecule has 10 unspecified atom stereocenters. The maximum absolute atomic E-state index is 13.0. The molecule has 0 spiro atoms. The second-order valence-electron chi connectivity index (χ2n) is 13.2. The van der Waals surface area contributed by atoms with Gasteiger partial charge in [0.1, 0.15) is 12.2 Å². The number of hydrogen-bond acceptors (Lipinski definition) is 5. The lowest BCUT2D eigenvalue weighted by Crippen LogP contribution is -2.67. The van der Waals surface area contributed by atoms with Gasteiger partial charge in [-0.3, -0.25) is 4.79 Å². The monoisotopic (exact) mass is 472 g/mol. The van der Waals surface area contributed by atoms with E-state index in [1.807, 2.05) is 6.92 Å². The molecule has 0 radical (unpaired) electrons. The molecule has 1 aliphatic heterocycles. The molecule has 0 amide bonds. The van der Waals surface area contributed by atoms with Crippen LogP contribution in [0.25, 0.3) is 0 Å². The number of hydrogen-bond donors (Lipinski definition) is 1. The molecule has 0 aromatic heterocycles.